The highest BCUT2D eigenvalue weighted by molar-refractivity contribution is 8.01. The van der Waals surface area contributed by atoms with Crippen LogP contribution in [0.25, 0.3) is 0 Å². The van der Waals surface area contributed by atoms with E-state index in [1.807, 2.05) is 30.3 Å². The van der Waals surface area contributed by atoms with Crippen molar-refractivity contribution in [3.05, 3.63) is 60.7 Å². The topological polar surface area (TPSA) is 118 Å². The molecule has 0 saturated carbocycles. The summed E-state index contributed by atoms with van der Waals surface area (Å²) in [5.74, 6) is 0.141. The summed E-state index contributed by atoms with van der Waals surface area (Å²) in [5.41, 5.74) is 0. The molecule has 0 heterocycles. The Morgan fingerprint density at radius 3 is 1.83 bits per heavy atom. The zero-order valence-corrected chi connectivity index (χ0v) is 18.6. The first-order chi connectivity index (χ1) is 14.3. The predicted molar refractivity (Wildman–Crippen MR) is 120 cm³/mol. The van der Waals surface area contributed by atoms with Gasteiger partial charge in [0, 0.05) is 11.5 Å². The molecule has 0 amide bonds. The number of hydrogen-bond acceptors (Lipinski definition) is 7. The molecule has 0 aromatic heterocycles. The molecule has 2 aromatic carbocycles. The summed E-state index contributed by atoms with van der Waals surface area (Å²) in [6, 6.07) is 17.6. The van der Waals surface area contributed by atoms with Gasteiger partial charge in [0.25, 0.3) is 0 Å². The van der Waals surface area contributed by atoms with Gasteiger partial charge in [-0.2, -0.15) is 0 Å². The van der Waals surface area contributed by atoms with E-state index in [2.05, 4.69) is 0 Å². The molecule has 0 aliphatic heterocycles. The molecular formula is C20H24O7S3. The van der Waals surface area contributed by atoms with Crippen LogP contribution in [0.1, 0.15) is 0 Å². The van der Waals surface area contributed by atoms with Crippen molar-refractivity contribution in [2.24, 2.45) is 0 Å². The SMILES string of the molecule is O=C(O)CSCCOc1ccccc1.O=C(O)CSCCS(=O)(=O)c1ccccc1. The summed E-state index contributed by atoms with van der Waals surface area (Å²) in [6.45, 7) is 0.544. The van der Waals surface area contributed by atoms with Crippen LogP contribution in [-0.2, 0) is 19.4 Å². The third kappa shape index (κ3) is 12.4. The summed E-state index contributed by atoms with van der Waals surface area (Å²) in [4.78, 5) is 20.7. The van der Waals surface area contributed by atoms with Crippen molar-refractivity contribution in [2.45, 2.75) is 4.90 Å². The van der Waals surface area contributed by atoms with Crippen LogP contribution < -0.4 is 4.74 Å². The van der Waals surface area contributed by atoms with Crippen LogP contribution in [0.3, 0.4) is 0 Å². The van der Waals surface area contributed by atoms with Gasteiger partial charge < -0.3 is 14.9 Å². The van der Waals surface area contributed by atoms with Crippen LogP contribution in [0, 0.1) is 0 Å². The lowest BCUT2D eigenvalue weighted by molar-refractivity contribution is -0.134. The Morgan fingerprint density at radius 2 is 1.30 bits per heavy atom. The number of hydrogen-bond donors (Lipinski definition) is 2. The second-order valence-electron chi connectivity index (χ2n) is 5.69. The van der Waals surface area contributed by atoms with E-state index >= 15 is 0 Å². The Balaban J connectivity index is 0.000000303. The summed E-state index contributed by atoms with van der Waals surface area (Å²) in [5, 5.41) is 16.8. The maximum atomic E-state index is 11.7. The first kappa shape index (κ1) is 25.9. The smallest absolute Gasteiger partial charge is 0.313 e. The number of rotatable bonds is 12. The van der Waals surface area contributed by atoms with Gasteiger partial charge in [0.1, 0.15) is 5.75 Å². The Morgan fingerprint density at radius 1 is 0.800 bits per heavy atom. The van der Waals surface area contributed by atoms with Crippen molar-refractivity contribution in [2.75, 3.05) is 35.4 Å². The summed E-state index contributed by atoms with van der Waals surface area (Å²) in [6.07, 6.45) is 0. The molecule has 0 bridgehead atoms. The third-order valence-electron chi connectivity index (χ3n) is 3.29. The van der Waals surface area contributed by atoms with E-state index in [-0.39, 0.29) is 22.2 Å². The molecule has 0 saturated heterocycles. The molecule has 164 valence electrons. The fourth-order valence-electron chi connectivity index (χ4n) is 1.97. The van der Waals surface area contributed by atoms with Crippen molar-refractivity contribution < 1.29 is 33.0 Å². The van der Waals surface area contributed by atoms with Crippen LogP contribution >= 0.6 is 23.5 Å². The molecule has 0 aliphatic carbocycles. The predicted octanol–water partition coefficient (Wildman–Crippen LogP) is 3.16. The minimum absolute atomic E-state index is 0.0328. The molecule has 2 N–H and O–H groups in total. The van der Waals surface area contributed by atoms with Gasteiger partial charge in [-0.05, 0) is 24.3 Å². The number of benzene rings is 2. The van der Waals surface area contributed by atoms with Gasteiger partial charge in [0.2, 0.25) is 0 Å². The minimum Gasteiger partial charge on any atom is -0.493 e. The van der Waals surface area contributed by atoms with Crippen molar-refractivity contribution in [3.8, 4) is 5.75 Å². The Bertz CT molecular complexity index is 856. The average molecular weight is 473 g/mol. The molecule has 2 aromatic rings. The lowest BCUT2D eigenvalue weighted by Gasteiger charge is -2.04. The first-order valence-electron chi connectivity index (χ1n) is 8.86. The molecule has 0 spiro atoms. The number of carbonyl (C=O) groups is 2. The summed E-state index contributed by atoms with van der Waals surface area (Å²) in [7, 11) is -3.27. The maximum Gasteiger partial charge on any atom is 0.313 e. The van der Waals surface area contributed by atoms with Crippen molar-refractivity contribution >= 4 is 45.3 Å². The number of thioether (sulfide) groups is 2. The second kappa shape index (κ2) is 14.8. The van der Waals surface area contributed by atoms with Crippen LogP contribution in [-0.4, -0.2) is 65.9 Å². The van der Waals surface area contributed by atoms with Gasteiger partial charge in [-0.15, -0.1) is 23.5 Å². The number of aliphatic carboxylic acids is 2. The normalized spacial score (nSPS) is 10.5. The Hall–Kier alpha value is -2.17. The summed E-state index contributed by atoms with van der Waals surface area (Å²) < 4.78 is 28.8. The van der Waals surface area contributed by atoms with Gasteiger partial charge in [0.05, 0.1) is 28.8 Å². The van der Waals surface area contributed by atoms with E-state index < -0.39 is 21.8 Å². The van der Waals surface area contributed by atoms with E-state index in [4.69, 9.17) is 14.9 Å². The Kier molecular flexibility index (Phi) is 12.7. The number of carboxylic acid groups (broad SMARTS) is 2. The lowest BCUT2D eigenvalue weighted by atomic mass is 10.3. The maximum absolute atomic E-state index is 11.7. The van der Waals surface area contributed by atoms with Crippen molar-refractivity contribution in [3.63, 3.8) is 0 Å². The fourth-order valence-corrected chi connectivity index (χ4v) is 4.96. The molecule has 30 heavy (non-hydrogen) atoms. The molecule has 0 aliphatic rings. The van der Waals surface area contributed by atoms with Crippen LogP contribution in [0.2, 0.25) is 0 Å². The molecule has 0 radical (unpaired) electrons. The van der Waals surface area contributed by atoms with E-state index in [9.17, 15) is 18.0 Å². The largest absolute Gasteiger partial charge is 0.493 e. The average Bonchev–Trinajstić information content (AvgIpc) is 2.73. The Labute approximate surface area is 184 Å². The molecule has 2 rings (SSSR count). The fraction of sp³-hybridized carbons (Fsp3) is 0.300. The lowest BCUT2D eigenvalue weighted by Crippen LogP contribution is -2.10. The highest BCUT2D eigenvalue weighted by atomic mass is 32.2. The number of carboxylic acids is 2. The van der Waals surface area contributed by atoms with Gasteiger partial charge in [-0.3, -0.25) is 9.59 Å². The van der Waals surface area contributed by atoms with Crippen LogP contribution in [0.4, 0.5) is 0 Å². The first-order valence-corrected chi connectivity index (χ1v) is 12.8. The zero-order chi connectivity index (χ0) is 22.2. The highest BCUT2D eigenvalue weighted by Crippen LogP contribution is 2.12. The van der Waals surface area contributed by atoms with Crippen molar-refractivity contribution in [1.29, 1.82) is 0 Å². The molecule has 0 atom stereocenters. The van der Waals surface area contributed by atoms with Gasteiger partial charge in [0.15, 0.2) is 9.84 Å². The van der Waals surface area contributed by atoms with Crippen LogP contribution in [0.15, 0.2) is 65.6 Å². The third-order valence-corrected chi connectivity index (χ3v) is 7.13. The quantitative estimate of drug-likeness (QED) is 0.449. The second-order valence-corrected chi connectivity index (χ2v) is 10.0. The highest BCUT2D eigenvalue weighted by Gasteiger charge is 2.13. The molecular weight excluding hydrogens is 448 g/mol. The van der Waals surface area contributed by atoms with E-state index in [0.717, 1.165) is 17.5 Å². The molecule has 10 heteroatoms. The van der Waals surface area contributed by atoms with Gasteiger partial charge in [-0.1, -0.05) is 36.4 Å². The number of ether oxygens (including phenoxy) is 1. The minimum atomic E-state index is -3.27. The number of sulfone groups is 1. The van der Waals surface area contributed by atoms with Crippen molar-refractivity contribution in [1.82, 2.24) is 0 Å². The molecule has 0 fully saturated rings. The standard InChI is InChI=1S/C10H12O4S2.C10H12O3S/c11-10(12)8-15-6-7-16(13,14)9-4-2-1-3-5-9;11-10(12)8-14-7-6-13-9-4-2-1-3-5-9/h1-5H,6-8H2,(H,11,12);1-5H,6-8H2,(H,11,12). The van der Waals surface area contributed by atoms with Gasteiger partial charge in [-0.25, -0.2) is 8.42 Å². The van der Waals surface area contributed by atoms with Gasteiger partial charge >= 0.3 is 11.9 Å². The molecule has 7 nitrogen and oxygen atoms in total. The van der Waals surface area contributed by atoms with E-state index in [1.54, 1.807) is 18.2 Å². The van der Waals surface area contributed by atoms with E-state index in [0.29, 0.717) is 18.1 Å². The monoisotopic (exact) mass is 472 g/mol. The number of para-hydroxylation sites is 1. The summed E-state index contributed by atoms with van der Waals surface area (Å²) >= 11 is 2.46. The zero-order valence-electron chi connectivity index (χ0n) is 16.2. The molecule has 0 unspecified atom stereocenters. The van der Waals surface area contributed by atoms with Crippen LogP contribution in [0.5, 0.6) is 5.75 Å². The van der Waals surface area contributed by atoms with E-state index in [1.165, 1.54) is 23.9 Å².